The van der Waals surface area contributed by atoms with Gasteiger partial charge in [0.2, 0.25) is 0 Å². The third kappa shape index (κ3) is 3.73. The first-order valence-electron chi connectivity index (χ1n) is 7.20. The van der Waals surface area contributed by atoms with Crippen LogP contribution < -0.4 is 5.32 Å². The molecule has 1 aromatic carbocycles. The van der Waals surface area contributed by atoms with E-state index in [0.717, 1.165) is 51.0 Å². The molecule has 0 radical (unpaired) electrons. The largest absolute Gasteiger partial charge is 0.315 e. The summed E-state index contributed by atoms with van der Waals surface area (Å²) >= 11 is 0. The summed E-state index contributed by atoms with van der Waals surface area (Å²) in [4.78, 5) is 2.22. The van der Waals surface area contributed by atoms with Crippen LogP contribution in [0, 0.1) is 17.5 Å². The first kappa shape index (κ1) is 15.3. The minimum Gasteiger partial charge on any atom is -0.315 e. The molecule has 1 aromatic rings. The topological polar surface area (TPSA) is 15.3 Å². The molecule has 20 heavy (non-hydrogen) atoms. The lowest BCUT2D eigenvalue weighted by molar-refractivity contribution is 0.157. The third-order valence-corrected chi connectivity index (χ3v) is 3.73. The second kappa shape index (κ2) is 7.09. The van der Waals surface area contributed by atoms with Gasteiger partial charge in [0.05, 0.1) is 0 Å². The van der Waals surface area contributed by atoms with Gasteiger partial charge in [-0.25, -0.2) is 13.2 Å². The smallest absolute Gasteiger partial charge is 0.194 e. The number of rotatable bonds is 5. The zero-order chi connectivity index (χ0) is 14.5. The molecule has 0 bridgehead atoms. The molecule has 1 aliphatic heterocycles. The van der Waals surface area contributed by atoms with Gasteiger partial charge >= 0.3 is 0 Å². The number of piperidine rings is 1. The zero-order valence-corrected chi connectivity index (χ0v) is 11.8. The number of nitrogens with one attached hydrogen (secondary N) is 1. The maximum atomic E-state index is 13.3. The van der Waals surface area contributed by atoms with E-state index in [1.54, 1.807) is 0 Å². The van der Waals surface area contributed by atoms with E-state index in [2.05, 4.69) is 17.1 Å². The number of hydrogen-bond donors (Lipinski definition) is 1. The van der Waals surface area contributed by atoms with Gasteiger partial charge < -0.3 is 5.32 Å². The Hall–Kier alpha value is -1.07. The number of halogens is 3. The second-order valence-corrected chi connectivity index (χ2v) is 5.34. The van der Waals surface area contributed by atoms with E-state index in [-0.39, 0.29) is 0 Å². The Morgan fingerprint density at radius 1 is 1.25 bits per heavy atom. The molecule has 2 nitrogen and oxygen atoms in total. The number of nitrogens with zero attached hydrogens (tertiary/aromatic N) is 1. The summed E-state index contributed by atoms with van der Waals surface area (Å²) in [7, 11) is 0. The van der Waals surface area contributed by atoms with E-state index < -0.39 is 17.5 Å². The molecule has 1 heterocycles. The van der Waals surface area contributed by atoms with Gasteiger partial charge in [0.15, 0.2) is 17.5 Å². The number of benzene rings is 1. The van der Waals surface area contributed by atoms with Gasteiger partial charge in [0.25, 0.3) is 0 Å². The van der Waals surface area contributed by atoms with Gasteiger partial charge in [-0.15, -0.1) is 0 Å². The molecule has 1 unspecified atom stereocenters. The normalized spacial score (nSPS) is 19.6. The average Bonchev–Trinajstić information content (AvgIpc) is 2.45. The van der Waals surface area contributed by atoms with Crippen molar-refractivity contribution in [2.45, 2.75) is 38.8 Å². The first-order valence-corrected chi connectivity index (χ1v) is 7.20. The van der Waals surface area contributed by atoms with Gasteiger partial charge in [-0.3, -0.25) is 4.90 Å². The van der Waals surface area contributed by atoms with E-state index >= 15 is 0 Å². The Labute approximate surface area is 118 Å². The van der Waals surface area contributed by atoms with Crippen LogP contribution in [0.25, 0.3) is 0 Å². The summed E-state index contributed by atoms with van der Waals surface area (Å²) in [5, 5.41) is 3.34. The average molecular weight is 286 g/mol. The summed E-state index contributed by atoms with van der Waals surface area (Å²) in [6, 6.07) is 2.56. The van der Waals surface area contributed by atoms with Crippen molar-refractivity contribution in [3.63, 3.8) is 0 Å². The molecule has 1 fully saturated rings. The summed E-state index contributed by atoms with van der Waals surface area (Å²) < 4.78 is 39.5. The predicted octanol–water partition coefficient (Wildman–Crippen LogP) is 3.07. The van der Waals surface area contributed by atoms with Crippen molar-refractivity contribution in [3.05, 3.63) is 35.1 Å². The minimum absolute atomic E-state index is 0.375. The summed E-state index contributed by atoms with van der Waals surface area (Å²) in [6.45, 7) is 5.32. The molecular weight excluding hydrogens is 265 g/mol. The molecule has 0 aromatic heterocycles. The molecule has 1 saturated heterocycles. The second-order valence-electron chi connectivity index (χ2n) is 5.34. The summed E-state index contributed by atoms with van der Waals surface area (Å²) in [5.74, 6) is -3.62. The fourth-order valence-corrected chi connectivity index (χ4v) is 2.76. The molecule has 0 spiro atoms. The minimum atomic E-state index is -1.39. The van der Waals surface area contributed by atoms with Crippen LogP contribution in [0.15, 0.2) is 12.1 Å². The highest BCUT2D eigenvalue weighted by Gasteiger charge is 2.21. The summed E-state index contributed by atoms with van der Waals surface area (Å²) in [5.41, 5.74) is 0.487. The Kier molecular flexibility index (Phi) is 5.43. The molecule has 2 rings (SSSR count). The van der Waals surface area contributed by atoms with Crippen molar-refractivity contribution in [2.24, 2.45) is 0 Å². The van der Waals surface area contributed by atoms with Crippen LogP contribution in [-0.4, -0.2) is 30.6 Å². The molecule has 0 amide bonds. The van der Waals surface area contributed by atoms with Gasteiger partial charge in [-0.1, -0.05) is 6.92 Å². The van der Waals surface area contributed by atoms with E-state index in [0.29, 0.717) is 18.2 Å². The van der Waals surface area contributed by atoms with Crippen molar-refractivity contribution >= 4 is 0 Å². The highest BCUT2D eigenvalue weighted by Crippen LogP contribution is 2.18. The molecule has 112 valence electrons. The lowest BCUT2D eigenvalue weighted by atomic mass is 10.0. The van der Waals surface area contributed by atoms with Crippen LogP contribution in [0.2, 0.25) is 0 Å². The van der Waals surface area contributed by atoms with Gasteiger partial charge in [-0.2, -0.15) is 0 Å². The van der Waals surface area contributed by atoms with Crippen molar-refractivity contribution < 1.29 is 13.2 Å². The molecule has 1 N–H and O–H groups in total. The van der Waals surface area contributed by atoms with E-state index in [1.165, 1.54) is 0 Å². The molecule has 0 aliphatic carbocycles. The van der Waals surface area contributed by atoms with E-state index in [4.69, 9.17) is 0 Å². The monoisotopic (exact) mass is 286 g/mol. The lowest BCUT2D eigenvalue weighted by Gasteiger charge is -2.34. The van der Waals surface area contributed by atoms with Crippen molar-refractivity contribution in [1.82, 2.24) is 10.2 Å². The molecule has 0 saturated carbocycles. The maximum absolute atomic E-state index is 13.3. The van der Waals surface area contributed by atoms with Crippen LogP contribution in [0.5, 0.6) is 0 Å². The lowest BCUT2D eigenvalue weighted by Crippen LogP contribution is -2.45. The van der Waals surface area contributed by atoms with Gasteiger partial charge in [0.1, 0.15) is 0 Å². The fourth-order valence-electron chi connectivity index (χ4n) is 2.76. The molecule has 1 atom stereocenters. The fraction of sp³-hybridized carbons (Fsp3) is 0.600. The maximum Gasteiger partial charge on any atom is 0.194 e. The summed E-state index contributed by atoms with van der Waals surface area (Å²) in [6.07, 6.45) is 3.17. The van der Waals surface area contributed by atoms with Crippen molar-refractivity contribution in [1.29, 1.82) is 0 Å². The van der Waals surface area contributed by atoms with E-state index in [1.807, 2.05) is 0 Å². The Bertz CT molecular complexity index is 422. The van der Waals surface area contributed by atoms with Crippen LogP contribution >= 0.6 is 0 Å². The highest BCUT2D eigenvalue weighted by molar-refractivity contribution is 5.19. The molecule has 1 aliphatic rings. The first-order chi connectivity index (χ1) is 9.61. The highest BCUT2D eigenvalue weighted by atomic mass is 19.2. The quantitative estimate of drug-likeness (QED) is 0.837. The molecule has 5 heteroatoms. The predicted molar refractivity (Wildman–Crippen MR) is 72.9 cm³/mol. The molecular formula is C15H21F3N2. The van der Waals surface area contributed by atoms with Crippen molar-refractivity contribution in [2.75, 3.05) is 19.6 Å². The standard InChI is InChI=1S/C15H21F3N2/c1-2-6-20(12-4-3-5-19-9-12)10-11-7-13(16)15(18)14(17)8-11/h7-8,12,19H,2-6,9-10H2,1H3. The Morgan fingerprint density at radius 3 is 2.50 bits per heavy atom. The Morgan fingerprint density at radius 2 is 1.95 bits per heavy atom. The Balaban J connectivity index is 2.10. The van der Waals surface area contributed by atoms with Crippen LogP contribution in [0.3, 0.4) is 0 Å². The van der Waals surface area contributed by atoms with Crippen LogP contribution in [0.4, 0.5) is 13.2 Å². The van der Waals surface area contributed by atoms with Crippen LogP contribution in [-0.2, 0) is 6.54 Å². The SMILES string of the molecule is CCCN(Cc1cc(F)c(F)c(F)c1)C1CCCNC1. The number of hydrogen-bond acceptors (Lipinski definition) is 2. The van der Waals surface area contributed by atoms with Crippen molar-refractivity contribution in [3.8, 4) is 0 Å². The zero-order valence-electron chi connectivity index (χ0n) is 11.8. The van der Waals surface area contributed by atoms with Crippen LogP contribution in [0.1, 0.15) is 31.7 Å². The third-order valence-electron chi connectivity index (χ3n) is 3.73. The van der Waals surface area contributed by atoms with E-state index in [9.17, 15) is 13.2 Å². The van der Waals surface area contributed by atoms with Gasteiger partial charge in [-0.05, 0) is 50.0 Å². The van der Waals surface area contributed by atoms with Gasteiger partial charge in [0, 0.05) is 19.1 Å².